The molecule has 0 spiro atoms. The van der Waals surface area contributed by atoms with Gasteiger partial charge in [-0.3, -0.25) is 9.59 Å². The molecule has 2 aliphatic rings. The molecule has 25 heavy (non-hydrogen) atoms. The summed E-state index contributed by atoms with van der Waals surface area (Å²) in [5.74, 6) is -0.402. The molecular weight excluding hydrogens is 344 g/mol. The Balaban J connectivity index is 1.75. The molecular formula is C17H30N2O5S. The number of carbonyl (C=O) groups excluding carboxylic acids is 2. The van der Waals surface area contributed by atoms with Gasteiger partial charge in [0, 0.05) is 13.1 Å². The van der Waals surface area contributed by atoms with E-state index in [0.717, 1.165) is 12.8 Å². The summed E-state index contributed by atoms with van der Waals surface area (Å²) in [7, 11) is -3.44. The molecule has 1 saturated carbocycles. The summed E-state index contributed by atoms with van der Waals surface area (Å²) < 4.78 is 30.7. The van der Waals surface area contributed by atoms with Crippen molar-refractivity contribution >= 4 is 21.9 Å². The molecule has 0 aromatic heterocycles. The zero-order valence-corrected chi connectivity index (χ0v) is 15.9. The van der Waals surface area contributed by atoms with Gasteiger partial charge in [-0.15, -0.1) is 0 Å². The van der Waals surface area contributed by atoms with Gasteiger partial charge < -0.3 is 10.1 Å². The van der Waals surface area contributed by atoms with Crippen LogP contribution in [0.1, 0.15) is 58.3 Å². The van der Waals surface area contributed by atoms with Crippen LogP contribution in [-0.4, -0.2) is 56.1 Å². The van der Waals surface area contributed by atoms with Crippen LogP contribution in [0, 0.1) is 5.92 Å². The van der Waals surface area contributed by atoms with Crippen LogP contribution in [-0.2, 0) is 24.3 Å². The van der Waals surface area contributed by atoms with E-state index < -0.39 is 22.0 Å². The fourth-order valence-electron chi connectivity index (χ4n) is 3.62. The number of ether oxygens (including phenoxy) is 1. The van der Waals surface area contributed by atoms with E-state index in [1.54, 1.807) is 6.92 Å². The molecule has 0 aromatic carbocycles. The third-order valence-corrected chi connectivity index (χ3v) is 7.03. The van der Waals surface area contributed by atoms with E-state index >= 15 is 0 Å². The highest BCUT2D eigenvalue weighted by atomic mass is 32.2. The van der Waals surface area contributed by atoms with Crippen molar-refractivity contribution in [2.24, 2.45) is 5.92 Å². The van der Waals surface area contributed by atoms with Crippen molar-refractivity contribution in [1.82, 2.24) is 9.62 Å². The van der Waals surface area contributed by atoms with E-state index in [1.165, 1.54) is 23.6 Å². The number of carbonyl (C=O) groups is 2. The Kier molecular flexibility index (Phi) is 7.68. The molecule has 1 saturated heterocycles. The lowest BCUT2D eigenvalue weighted by atomic mass is 9.89. The number of hydrogen-bond donors (Lipinski definition) is 1. The Labute approximate surface area is 150 Å². The lowest BCUT2D eigenvalue weighted by Gasteiger charge is -2.23. The fraction of sp³-hybridized carbons (Fsp3) is 0.882. The second-order valence-electron chi connectivity index (χ2n) is 7.00. The van der Waals surface area contributed by atoms with Crippen molar-refractivity contribution in [3.63, 3.8) is 0 Å². The first kappa shape index (κ1) is 20.2. The minimum absolute atomic E-state index is 0.0264. The first-order valence-corrected chi connectivity index (χ1v) is 11.0. The third kappa shape index (κ3) is 5.95. The van der Waals surface area contributed by atoms with Gasteiger partial charge >= 0.3 is 5.97 Å². The molecule has 144 valence electrons. The van der Waals surface area contributed by atoms with Crippen LogP contribution in [0.2, 0.25) is 0 Å². The summed E-state index contributed by atoms with van der Waals surface area (Å²) in [6.07, 6.45) is 7.53. The Morgan fingerprint density at radius 1 is 1.12 bits per heavy atom. The maximum absolute atomic E-state index is 12.2. The maximum Gasteiger partial charge on any atom is 0.324 e. The van der Waals surface area contributed by atoms with E-state index in [2.05, 4.69) is 5.32 Å². The normalized spacial score (nSPS) is 22.7. The molecule has 8 heteroatoms. The molecule has 0 bridgehead atoms. The zero-order valence-electron chi connectivity index (χ0n) is 15.0. The van der Waals surface area contributed by atoms with E-state index in [4.69, 9.17) is 4.74 Å². The highest BCUT2D eigenvalue weighted by Gasteiger charge is 2.39. The van der Waals surface area contributed by atoms with Crippen molar-refractivity contribution in [1.29, 1.82) is 0 Å². The molecule has 1 amide bonds. The second-order valence-corrected chi connectivity index (χ2v) is 9.04. The Hall–Kier alpha value is -1.15. The van der Waals surface area contributed by atoms with Crippen molar-refractivity contribution in [2.75, 3.05) is 25.4 Å². The number of sulfonamides is 1. The van der Waals surface area contributed by atoms with E-state index in [1.807, 2.05) is 0 Å². The molecule has 0 aromatic rings. The van der Waals surface area contributed by atoms with Gasteiger partial charge in [-0.1, -0.05) is 26.2 Å². The predicted molar refractivity (Wildman–Crippen MR) is 94.3 cm³/mol. The first-order chi connectivity index (χ1) is 11.9. The average molecular weight is 375 g/mol. The summed E-state index contributed by atoms with van der Waals surface area (Å²) >= 11 is 0. The molecule has 0 radical (unpaired) electrons. The third-order valence-electron chi connectivity index (χ3n) is 4.95. The number of nitrogens with one attached hydrogen (secondary N) is 1. The lowest BCUT2D eigenvalue weighted by Crippen LogP contribution is -2.43. The molecule has 1 N–H and O–H groups in total. The Morgan fingerprint density at radius 3 is 2.52 bits per heavy atom. The molecule has 1 aliphatic carbocycles. The average Bonchev–Trinajstić information content (AvgIpc) is 3.09. The summed E-state index contributed by atoms with van der Waals surface area (Å²) in [6, 6.07) is -0.789. The predicted octanol–water partition coefficient (Wildman–Crippen LogP) is 1.43. The summed E-state index contributed by atoms with van der Waals surface area (Å²) in [5, 5.41) is 2.81. The fourth-order valence-corrected chi connectivity index (χ4v) is 5.35. The van der Waals surface area contributed by atoms with Gasteiger partial charge in [0.05, 0.1) is 5.75 Å². The maximum atomic E-state index is 12.2. The summed E-state index contributed by atoms with van der Waals surface area (Å²) in [6.45, 7) is 2.41. The summed E-state index contributed by atoms with van der Waals surface area (Å²) in [5.41, 5.74) is 0. The molecule has 1 heterocycles. The number of nitrogens with zero attached hydrogens (tertiary/aromatic N) is 1. The molecule has 2 rings (SSSR count). The minimum Gasteiger partial charge on any atom is -0.454 e. The van der Waals surface area contributed by atoms with Gasteiger partial charge in [0.1, 0.15) is 6.04 Å². The molecule has 1 aliphatic heterocycles. The van der Waals surface area contributed by atoms with Gasteiger partial charge in [0.2, 0.25) is 10.0 Å². The van der Waals surface area contributed by atoms with Crippen LogP contribution in [0.3, 0.4) is 0 Å². The van der Waals surface area contributed by atoms with E-state index in [0.29, 0.717) is 38.3 Å². The van der Waals surface area contributed by atoms with Gasteiger partial charge in [-0.05, 0) is 38.0 Å². The minimum atomic E-state index is -3.44. The number of hydrogen-bond acceptors (Lipinski definition) is 5. The van der Waals surface area contributed by atoms with E-state index in [9.17, 15) is 18.0 Å². The molecule has 1 atom stereocenters. The van der Waals surface area contributed by atoms with Crippen LogP contribution in [0.4, 0.5) is 0 Å². The Morgan fingerprint density at radius 2 is 1.84 bits per heavy atom. The molecule has 1 unspecified atom stereocenters. The van der Waals surface area contributed by atoms with Gasteiger partial charge in [0.25, 0.3) is 5.91 Å². The topological polar surface area (TPSA) is 92.8 Å². The lowest BCUT2D eigenvalue weighted by molar-refractivity contribution is -0.151. The highest BCUT2D eigenvalue weighted by molar-refractivity contribution is 7.89. The monoisotopic (exact) mass is 374 g/mol. The van der Waals surface area contributed by atoms with E-state index in [-0.39, 0.29) is 18.3 Å². The van der Waals surface area contributed by atoms with Crippen LogP contribution >= 0.6 is 0 Å². The zero-order chi connectivity index (χ0) is 18.3. The first-order valence-electron chi connectivity index (χ1n) is 9.37. The summed E-state index contributed by atoms with van der Waals surface area (Å²) in [4.78, 5) is 24.1. The largest absolute Gasteiger partial charge is 0.454 e. The van der Waals surface area contributed by atoms with Crippen molar-refractivity contribution < 1.29 is 22.7 Å². The quantitative estimate of drug-likeness (QED) is 0.649. The van der Waals surface area contributed by atoms with Crippen molar-refractivity contribution in [2.45, 2.75) is 64.3 Å². The van der Waals surface area contributed by atoms with Gasteiger partial charge in [0.15, 0.2) is 6.61 Å². The SMILES string of the molecule is CCCS(=O)(=O)N1CCCC1C(=O)OCC(=O)NCC1CCCCC1. The van der Waals surface area contributed by atoms with Crippen LogP contribution < -0.4 is 5.32 Å². The number of rotatable bonds is 8. The number of esters is 1. The van der Waals surface area contributed by atoms with Gasteiger partial charge in [-0.25, -0.2) is 8.42 Å². The Bertz CT molecular complexity index is 557. The van der Waals surface area contributed by atoms with Crippen LogP contribution in [0.5, 0.6) is 0 Å². The van der Waals surface area contributed by atoms with Gasteiger partial charge in [-0.2, -0.15) is 4.31 Å². The number of amides is 1. The van der Waals surface area contributed by atoms with Crippen molar-refractivity contribution in [3.8, 4) is 0 Å². The molecule has 7 nitrogen and oxygen atoms in total. The highest BCUT2D eigenvalue weighted by Crippen LogP contribution is 2.23. The van der Waals surface area contributed by atoms with Crippen LogP contribution in [0.15, 0.2) is 0 Å². The molecule has 2 fully saturated rings. The standard InChI is InChI=1S/C17H30N2O5S/c1-2-11-25(22,23)19-10-6-9-15(19)17(21)24-13-16(20)18-12-14-7-4-3-5-8-14/h14-15H,2-13H2,1H3,(H,18,20). The van der Waals surface area contributed by atoms with Crippen LogP contribution in [0.25, 0.3) is 0 Å². The van der Waals surface area contributed by atoms with Crippen molar-refractivity contribution in [3.05, 3.63) is 0 Å². The smallest absolute Gasteiger partial charge is 0.324 e. The second kappa shape index (κ2) is 9.52.